The SMILES string of the molecule is C=CC1=C2/C=c3\[n-]/c(c(CC)c3C)=C\c3[n-]c4c(c3C)C(=O)[C@H](C(=O)OC)/C4=C3/[N-]/C(=C\C(=C1C)[NH+]2[O-])[C@@H](C)[C@@H]3CCC(=O)OC/C=C(\C)CCCC(C)C.[Mg+2]. The van der Waals surface area contributed by atoms with Crippen LogP contribution in [0.3, 0.4) is 0 Å². The Balaban J connectivity index is 0.00000600. The van der Waals surface area contributed by atoms with Gasteiger partial charge in [0, 0.05) is 23.1 Å². The molecular weight excluding hydrogens is 717 g/mol. The van der Waals surface area contributed by atoms with E-state index in [-0.39, 0.29) is 53.0 Å². The molecule has 2 aromatic heterocycles. The van der Waals surface area contributed by atoms with Crippen molar-refractivity contribution in [1.29, 1.82) is 0 Å². The van der Waals surface area contributed by atoms with Crippen molar-refractivity contribution in [2.75, 3.05) is 13.7 Å². The van der Waals surface area contributed by atoms with E-state index in [1.807, 2.05) is 52.0 Å². The van der Waals surface area contributed by atoms with Crippen molar-refractivity contribution in [1.82, 2.24) is 9.97 Å². The number of rotatable bonds is 12. The minimum absolute atomic E-state index is 0. The fourth-order valence-corrected chi connectivity index (χ4v) is 8.43. The summed E-state index contributed by atoms with van der Waals surface area (Å²) in [5.41, 5.74) is 9.14. The second-order valence-electron chi connectivity index (χ2n) is 15.6. The number of allylic oxidation sites excluding steroid dienone is 8. The number of nitrogens with zero attached hydrogens (tertiary/aromatic N) is 3. The van der Waals surface area contributed by atoms with Crippen molar-refractivity contribution in [3.8, 4) is 0 Å². The first-order valence-electron chi connectivity index (χ1n) is 19.5. The maximum Gasteiger partial charge on any atom is 2.00 e. The quantitative estimate of drug-likeness (QED) is 0.0990. The molecule has 1 aliphatic carbocycles. The molecule has 3 aliphatic heterocycles. The van der Waals surface area contributed by atoms with Crippen molar-refractivity contribution < 1.29 is 28.9 Å². The van der Waals surface area contributed by atoms with Crippen LogP contribution in [-0.4, -0.2) is 54.5 Å². The van der Waals surface area contributed by atoms with Gasteiger partial charge in [0.05, 0.1) is 7.11 Å². The molecule has 1 unspecified atom stereocenters. The van der Waals surface area contributed by atoms with E-state index in [2.05, 4.69) is 34.3 Å². The second kappa shape index (κ2) is 17.5. The zero-order valence-corrected chi connectivity index (χ0v) is 35.8. The Morgan fingerprint density at radius 1 is 1.05 bits per heavy atom. The smallest absolute Gasteiger partial charge is 0.664 e. The van der Waals surface area contributed by atoms with Gasteiger partial charge in [0.1, 0.15) is 23.9 Å². The summed E-state index contributed by atoms with van der Waals surface area (Å²) < 4.78 is 10.9. The summed E-state index contributed by atoms with van der Waals surface area (Å²) in [4.78, 5) is 51.0. The molecule has 0 radical (unpaired) electrons. The minimum atomic E-state index is -1.26. The maximum atomic E-state index is 14.3. The summed E-state index contributed by atoms with van der Waals surface area (Å²) in [7, 11) is 1.26. The molecule has 1 saturated heterocycles. The van der Waals surface area contributed by atoms with E-state index in [1.165, 1.54) is 12.7 Å². The van der Waals surface area contributed by atoms with E-state index in [0.29, 0.717) is 80.3 Å². The molecule has 2 aromatic rings. The fraction of sp³-hybridized carbons (Fsp3) is 0.444. The monoisotopic (exact) mass is 769 g/mol. The van der Waals surface area contributed by atoms with Crippen molar-refractivity contribution >= 4 is 58.5 Å². The molecule has 0 saturated carbocycles. The number of fused-ring (bicyclic) bond motifs is 7. The molecule has 0 amide bonds. The summed E-state index contributed by atoms with van der Waals surface area (Å²) in [5, 5.41) is 20.6. The number of carbonyl (C=O) groups excluding carboxylic acids is 3. The predicted molar refractivity (Wildman–Crippen MR) is 219 cm³/mol. The molecule has 1 N–H and O–H groups in total. The first-order valence-corrected chi connectivity index (χ1v) is 19.5. The number of hydrogen-bond acceptors (Lipinski definition) is 6. The predicted octanol–water partition coefficient (Wildman–Crippen LogP) is 5.45. The Hall–Kier alpha value is -4.16. The zero-order chi connectivity index (χ0) is 39.9. The number of hydroxylamine groups is 2. The van der Waals surface area contributed by atoms with Gasteiger partial charge in [0.15, 0.2) is 5.78 Å². The van der Waals surface area contributed by atoms with Crippen LogP contribution < -0.4 is 25.7 Å². The number of ether oxygens (including phenoxy) is 2. The van der Waals surface area contributed by atoms with E-state index in [1.54, 1.807) is 6.08 Å². The Labute approximate surface area is 346 Å². The Morgan fingerprint density at radius 2 is 1.79 bits per heavy atom. The number of aromatic nitrogens is 2. The summed E-state index contributed by atoms with van der Waals surface area (Å²) in [6.45, 7) is 20.5. The molecular formula is C45H53MgN4O6-. The van der Waals surface area contributed by atoms with Gasteiger partial charge in [-0.3, -0.25) is 14.4 Å². The molecule has 8 bridgehead atoms. The number of quaternary nitrogens is 1. The van der Waals surface area contributed by atoms with Gasteiger partial charge in [0.2, 0.25) is 0 Å². The topological polar surface area (TPSA) is 139 Å². The van der Waals surface area contributed by atoms with Crippen molar-refractivity contribution in [3.63, 3.8) is 0 Å². The van der Waals surface area contributed by atoms with E-state index in [4.69, 9.17) is 24.8 Å². The summed E-state index contributed by atoms with van der Waals surface area (Å²) in [5.74, 6) is -2.73. The van der Waals surface area contributed by atoms with Crippen LogP contribution in [0.4, 0.5) is 0 Å². The molecule has 0 aromatic carbocycles. The van der Waals surface area contributed by atoms with E-state index in [0.717, 1.165) is 41.5 Å². The summed E-state index contributed by atoms with van der Waals surface area (Å²) in [6, 6.07) is 0. The molecule has 11 heteroatoms. The van der Waals surface area contributed by atoms with Gasteiger partial charge in [-0.1, -0.05) is 80.7 Å². The molecule has 0 spiro atoms. The van der Waals surface area contributed by atoms with Crippen LogP contribution in [0.5, 0.6) is 0 Å². The van der Waals surface area contributed by atoms with E-state index >= 15 is 0 Å². The number of nitrogens with one attached hydrogen (secondary N) is 1. The number of ketones is 1. The van der Waals surface area contributed by atoms with Crippen molar-refractivity contribution in [3.05, 3.63) is 119 Å². The molecule has 56 heavy (non-hydrogen) atoms. The van der Waals surface area contributed by atoms with Gasteiger partial charge in [-0.15, -0.1) is 22.1 Å². The molecule has 1 fully saturated rings. The van der Waals surface area contributed by atoms with Crippen LogP contribution in [0.15, 0.2) is 64.3 Å². The van der Waals surface area contributed by atoms with Crippen molar-refractivity contribution in [2.24, 2.45) is 23.7 Å². The largest absolute Gasteiger partial charge is 2.00 e. The molecule has 6 rings (SSSR count). The van der Waals surface area contributed by atoms with Gasteiger partial charge < -0.3 is 35.0 Å². The Morgan fingerprint density at radius 3 is 2.45 bits per heavy atom. The van der Waals surface area contributed by atoms with Crippen molar-refractivity contribution in [2.45, 2.75) is 93.9 Å². The normalized spacial score (nSPS) is 24.9. The standard InChI is InChI=1S/C45H54N4O6.Mg/c1-11-29-25(6)33-22-37-30(12-2)27(8)36(49(37)53)21-34-26(7)31(16-17-38(50)55-19-18-24(5)15-13-14-23(3)4)42(47-34)40-41(45(52)54-10)44(51)39-28(9)32(48-43(39)40)20-35(29)46-33;/h12,18,20-23,26,31,41,49H,2,11,13-17,19H2,1,3-10H3,(H-,47,48,51);/q-2;+2/p-1/b24-18+,33-22-,34-21-,35-20-;/t26-,31-,41+;/m0./s1. The number of hydrogen-bond donors (Lipinski definition) is 1. The first-order chi connectivity index (χ1) is 26.2. The van der Waals surface area contributed by atoms with Gasteiger partial charge >= 0.3 is 35.0 Å². The first kappa shape index (κ1) is 43.0. The maximum absolute atomic E-state index is 14.3. The number of Topliss-reactive ketones (excluding diaryl/α,β-unsaturated/α-hetero) is 1. The summed E-state index contributed by atoms with van der Waals surface area (Å²) in [6.07, 6.45) is 13.5. The van der Waals surface area contributed by atoms with Crippen LogP contribution in [-0.2, 0) is 25.5 Å². The third kappa shape index (κ3) is 7.88. The van der Waals surface area contributed by atoms with Crippen LogP contribution in [0.2, 0.25) is 0 Å². The minimum Gasteiger partial charge on any atom is -0.664 e. The van der Waals surface area contributed by atoms with Crippen LogP contribution in [0.1, 0.15) is 112 Å². The van der Waals surface area contributed by atoms with Crippen LogP contribution in [0.25, 0.3) is 23.0 Å². The third-order valence-corrected chi connectivity index (χ3v) is 11.7. The average molecular weight is 770 g/mol. The van der Waals surface area contributed by atoms with Gasteiger partial charge in [-0.25, -0.2) is 0 Å². The summed E-state index contributed by atoms with van der Waals surface area (Å²) >= 11 is 0. The van der Waals surface area contributed by atoms with Crippen LogP contribution >= 0.6 is 0 Å². The molecule has 4 aliphatic rings. The fourth-order valence-electron chi connectivity index (χ4n) is 8.43. The van der Waals surface area contributed by atoms with Crippen LogP contribution in [0, 0.1) is 42.7 Å². The molecule has 292 valence electrons. The van der Waals surface area contributed by atoms with E-state index in [9.17, 15) is 19.6 Å². The van der Waals surface area contributed by atoms with Gasteiger partial charge in [-0.2, -0.15) is 11.4 Å². The third-order valence-electron chi connectivity index (χ3n) is 11.7. The van der Waals surface area contributed by atoms with Gasteiger partial charge in [0.25, 0.3) is 0 Å². The van der Waals surface area contributed by atoms with E-state index < -0.39 is 23.6 Å². The molecule has 4 atom stereocenters. The Kier molecular flexibility index (Phi) is 13.5. The van der Waals surface area contributed by atoms with Gasteiger partial charge in [-0.05, 0) is 89.4 Å². The molecule has 10 nitrogen and oxygen atoms in total. The second-order valence-corrected chi connectivity index (χ2v) is 15.6. The molecule has 5 heterocycles. The average Bonchev–Trinajstić information content (AvgIpc) is 3.87. The number of carbonyl (C=O) groups is 3. The number of esters is 2. The number of methoxy groups -OCH3 is 1. The Bertz CT molecular complexity index is 2240. The zero-order valence-electron chi connectivity index (χ0n) is 34.4.